The molecule has 1 heterocycles. The zero-order chi connectivity index (χ0) is 17.9. The van der Waals surface area contributed by atoms with E-state index in [4.69, 9.17) is 23.2 Å². The fourth-order valence-electron chi connectivity index (χ4n) is 2.39. The van der Waals surface area contributed by atoms with Crippen LogP contribution in [0.15, 0.2) is 18.2 Å². The fraction of sp³-hybridized carbons (Fsp3) is 0.412. The summed E-state index contributed by atoms with van der Waals surface area (Å²) in [4.78, 5) is 12.2. The lowest BCUT2D eigenvalue weighted by molar-refractivity contribution is -0.120. The maximum atomic E-state index is 12.2. The SMILES string of the molecule is CNC(C)CNC(=O)Cc1c(C)nn(-c2ccc(Cl)c(Cl)c2)c1C. The standard InChI is InChI=1S/C17H22Cl2N4O/c1-10(20-4)9-21-17(24)8-14-11(2)22-23(12(14)3)13-5-6-15(18)16(19)7-13/h5-7,10,20H,8-9H2,1-4H3,(H,21,24). The summed E-state index contributed by atoms with van der Waals surface area (Å²) in [6, 6.07) is 5.59. The predicted octanol–water partition coefficient (Wildman–Crippen LogP) is 3.06. The Labute approximate surface area is 152 Å². The summed E-state index contributed by atoms with van der Waals surface area (Å²) < 4.78 is 1.79. The molecule has 0 aliphatic heterocycles. The molecular weight excluding hydrogens is 347 g/mol. The lowest BCUT2D eigenvalue weighted by atomic mass is 10.1. The van der Waals surface area contributed by atoms with Crippen LogP contribution in [0.2, 0.25) is 10.0 Å². The van der Waals surface area contributed by atoms with E-state index in [2.05, 4.69) is 15.7 Å². The van der Waals surface area contributed by atoms with Crippen LogP contribution in [0.4, 0.5) is 0 Å². The molecule has 1 aromatic heterocycles. The molecule has 0 spiro atoms. The minimum atomic E-state index is -0.0167. The molecule has 2 N–H and O–H groups in total. The lowest BCUT2D eigenvalue weighted by Gasteiger charge is -2.11. The van der Waals surface area contributed by atoms with Crippen molar-refractivity contribution in [2.45, 2.75) is 33.2 Å². The maximum Gasteiger partial charge on any atom is 0.224 e. The summed E-state index contributed by atoms with van der Waals surface area (Å²) in [7, 11) is 1.87. The third-order valence-electron chi connectivity index (χ3n) is 4.02. The number of rotatable bonds is 6. The second-order valence-corrected chi connectivity index (χ2v) is 6.64. The molecule has 0 aliphatic carbocycles. The highest BCUT2D eigenvalue weighted by molar-refractivity contribution is 6.42. The average molecular weight is 369 g/mol. The van der Waals surface area contributed by atoms with Crippen molar-refractivity contribution in [3.8, 4) is 5.69 Å². The van der Waals surface area contributed by atoms with Gasteiger partial charge < -0.3 is 10.6 Å². The van der Waals surface area contributed by atoms with Crippen LogP contribution in [-0.2, 0) is 11.2 Å². The van der Waals surface area contributed by atoms with E-state index in [1.807, 2.05) is 33.9 Å². The van der Waals surface area contributed by atoms with Gasteiger partial charge in [-0.1, -0.05) is 23.2 Å². The largest absolute Gasteiger partial charge is 0.354 e. The van der Waals surface area contributed by atoms with Crippen molar-refractivity contribution in [2.24, 2.45) is 0 Å². The number of hydrogen-bond donors (Lipinski definition) is 2. The Morgan fingerprint density at radius 2 is 2.00 bits per heavy atom. The molecule has 0 aliphatic rings. The van der Waals surface area contributed by atoms with E-state index in [-0.39, 0.29) is 11.9 Å². The van der Waals surface area contributed by atoms with Gasteiger partial charge in [-0.05, 0) is 46.0 Å². The van der Waals surface area contributed by atoms with Crippen LogP contribution in [-0.4, -0.2) is 35.3 Å². The number of benzene rings is 1. The number of likely N-dealkylation sites (N-methyl/N-ethyl adjacent to an activating group) is 1. The maximum absolute atomic E-state index is 12.2. The van der Waals surface area contributed by atoms with E-state index >= 15 is 0 Å². The second kappa shape index (κ2) is 8.01. The van der Waals surface area contributed by atoms with Gasteiger partial charge in [0, 0.05) is 23.8 Å². The van der Waals surface area contributed by atoms with E-state index < -0.39 is 0 Å². The van der Waals surface area contributed by atoms with E-state index in [9.17, 15) is 4.79 Å². The summed E-state index contributed by atoms with van der Waals surface area (Å²) >= 11 is 12.1. The Balaban J connectivity index is 2.19. The van der Waals surface area contributed by atoms with Crippen LogP contribution in [0.1, 0.15) is 23.9 Å². The first-order valence-electron chi connectivity index (χ1n) is 7.78. The Morgan fingerprint density at radius 1 is 1.29 bits per heavy atom. The first-order chi connectivity index (χ1) is 11.3. The monoisotopic (exact) mass is 368 g/mol. The first kappa shape index (κ1) is 18.8. The van der Waals surface area contributed by atoms with Gasteiger partial charge in [-0.25, -0.2) is 4.68 Å². The molecule has 2 rings (SSSR count). The minimum absolute atomic E-state index is 0.0167. The molecular formula is C17H22Cl2N4O. The molecule has 1 atom stereocenters. The molecule has 130 valence electrons. The van der Waals surface area contributed by atoms with E-state index in [1.54, 1.807) is 16.8 Å². The van der Waals surface area contributed by atoms with Gasteiger partial charge >= 0.3 is 0 Å². The van der Waals surface area contributed by atoms with Crippen molar-refractivity contribution < 1.29 is 4.79 Å². The Hall–Kier alpha value is -1.56. The van der Waals surface area contributed by atoms with Gasteiger partial charge in [0.2, 0.25) is 5.91 Å². The summed E-state index contributed by atoms with van der Waals surface area (Å²) in [5.74, 6) is -0.0167. The second-order valence-electron chi connectivity index (χ2n) is 5.83. The van der Waals surface area contributed by atoms with Gasteiger partial charge in [0.25, 0.3) is 0 Å². The third-order valence-corrected chi connectivity index (χ3v) is 4.76. The van der Waals surface area contributed by atoms with Crippen LogP contribution in [0, 0.1) is 13.8 Å². The van der Waals surface area contributed by atoms with Crippen molar-refractivity contribution in [3.63, 3.8) is 0 Å². The summed E-state index contributed by atoms with van der Waals surface area (Å²) in [5.41, 5.74) is 3.49. The van der Waals surface area contributed by atoms with Gasteiger partial charge in [-0.2, -0.15) is 5.10 Å². The summed E-state index contributed by atoms with van der Waals surface area (Å²) in [6.07, 6.45) is 0.301. The van der Waals surface area contributed by atoms with Gasteiger partial charge in [0.05, 0.1) is 27.8 Å². The highest BCUT2D eigenvalue weighted by Gasteiger charge is 2.16. The molecule has 1 unspecified atom stereocenters. The van der Waals surface area contributed by atoms with Crippen molar-refractivity contribution >= 4 is 29.1 Å². The zero-order valence-corrected chi connectivity index (χ0v) is 15.8. The first-order valence-corrected chi connectivity index (χ1v) is 8.53. The Bertz CT molecular complexity index is 742. The fourth-order valence-corrected chi connectivity index (χ4v) is 2.68. The van der Waals surface area contributed by atoms with Crippen molar-refractivity contribution in [1.82, 2.24) is 20.4 Å². The molecule has 0 saturated carbocycles. The normalized spacial score (nSPS) is 12.2. The zero-order valence-electron chi connectivity index (χ0n) is 14.3. The Kier molecular flexibility index (Phi) is 6.27. The molecule has 1 amide bonds. The van der Waals surface area contributed by atoms with Crippen molar-refractivity contribution in [1.29, 1.82) is 0 Å². The molecule has 24 heavy (non-hydrogen) atoms. The van der Waals surface area contributed by atoms with E-state index in [0.29, 0.717) is 23.0 Å². The number of nitrogens with zero attached hydrogens (tertiary/aromatic N) is 2. The summed E-state index contributed by atoms with van der Waals surface area (Å²) in [6.45, 7) is 6.45. The number of carbonyl (C=O) groups excluding carboxylic acids is 1. The smallest absolute Gasteiger partial charge is 0.224 e. The highest BCUT2D eigenvalue weighted by atomic mass is 35.5. The average Bonchev–Trinajstić information content (AvgIpc) is 2.83. The van der Waals surface area contributed by atoms with Gasteiger partial charge in [0.15, 0.2) is 0 Å². The number of hydrogen-bond acceptors (Lipinski definition) is 3. The number of amides is 1. The molecule has 7 heteroatoms. The van der Waals surface area contributed by atoms with E-state index in [0.717, 1.165) is 22.6 Å². The molecule has 0 radical (unpaired) electrons. The Morgan fingerprint density at radius 3 is 2.62 bits per heavy atom. The topological polar surface area (TPSA) is 58.9 Å². The number of aryl methyl sites for hydroxylation is 1. The number of halogens is 2. The molecule has 0 fully saturated rings. The summed E-state index contributed by atoms with van der Waals surface area (Å²) in [5, 5.41) is 11.5. The lowest BCUT2D eigenvalue weighted by Crippen LogP contribution is -2.37. The quantitative estimate of drug-likeness (QED) is 0.823. The third kappa shape index (κ3) is 4.29. The molecule has 1 aromatic carbocycles. The number of aromatic nitrogens is 2. The van der Waals surface area contributed by atoms with Gasteiger partial charge in [-0.15, -0.1) is 0 Å². The van der Waals surface area contributed by atoms with Gasteiger partial charge in [0.1, 0.15) is 0 Å². The van der Waals surface area contributed by atoms with Crippen molar-refractivity contribution in [2.75, 3.05) is 13.6 Å². The number of nitrogens with one attached hydrogen (secondary N) is 2. The highest BCUT2D eigenvalue weighted by Crippen LogP contribution is 2.26. The van der Waals surface area contributed by atoms with E-state index in [1.165, 1.54) is 0 Å². The van der Waals surface area contributed by atoms with Crippen molar-refractivity contribution in [3.05, 3.63) is 45.2 Å². The van der Waals surface area contributed by atoms with Crippen LogP contribution in [0.25, 0.3) is 5.69 Å². The molecule has 0 bridgehead atoms. The van der Waals surface area contributed by atoms with Crippen LogP contribution < -0.4 is 10.6 Å². The van der Waals surface area contributed by atoms with Crippen LogP contribution in [0.3, 0.4) is 0 Å². The van der Waals surface area contributed by atoms with Crippen LogP contribution in [0.5, 0.6) is 0 Å². The molecule has 5 nitrogen and oxygen atoms in total. The predicted molar refractivity (Wildman–Crippen MR) is 98.3 cm³/mol. The molecule has 0 saturated heterocycles. The minimum Gasteiger partial charge on any atom is -0.354 e. The number of carbonyl (C=O) groups is 1. The van der Waals surface area contributed by atoms with Gasteiger partial charge in [-0.3, -0.25) is 4.79 Å². The van der Waals surface area contributed by atoms with Crippen LogP contribution >= 0.6 is 23.2 Å². The molecule has 2 aromatic rings.